The Balaban J connectivity index is 0. The number of nitrogen functional groups attached to an aromatic ring is 2. The SMILES string of the molecule is COC(=O)C(C)CC(=O)c1cc(Br)cc(Br)c1N.COC(=O)C(C)NCl.Nc1c(Br)cc(Br)cc1C(=O)O.O=S(Cl)Cl. The third-order valence-electron chi connectivity index (χ3n) is 4.53. The second kappa shape index (κ2) is 22.5. The molecule has 2 atom stereocenters. The van der Waals surface area contributed by atoms with E-state index < -0.39 is 33.1 Å². The van der Waals surface area contributed by atoms with Gasteiger partial charge in [-0.25, -0.2) is 13.8 Å². The van der Waals surface area contributed by atoms with E-state index in [2.05, 4.69) is 99.4 Å². The summed E-state index contributed by atoms with van der Waals surface area (Å²) in [5, 5.41) is 8.69. The number of esters is 2. The molecule has 0 aromatic heterocycles. The monoisotopic (exact) mass is 925 g/mol. The molecule has 0 fully saturated rings. The first-order valence-electron chi connectivity index (χ1n) is 10.9. The maximum atomic E-state index is 12.1. The fourth-order valence-corrected chi connectivity index (χ4v) is 5.01. The van der Waals surface area contributed by atoms with Crippen LogP contribution in [0.15, 0.2) is 42.2 Å². The van der Waals surface area contributed by atoms with E-state index >= 15 is 0 Å². The molecule has 0 aliphatic carbocycles. The number of nitrogens with two attached hydrogens (primary N) is 2. The van der Waals surface area contributed by atoms with E-state index in [1.807, 2.05) is 0 Å². The molecule has 0 heterocycles. The van der Waals surface area contributed by atoms with E-state index in [1.54, 1.807) is 32.0 Å². The summed E-state index contributed by atoms with van der Waals surface area (Å²) in [7, 11) is 9.97. The van der Waals surface area contributed by atoms with Gasteiger partial charge in [0.05, 0.1) is 37.1 Å². The largest absolute Gasteiger partial charge is 0.478 e. The standard InChI is InChI=1S/C12H13Br2NO3.C7H5Br2NO2.C4H8ClNO2.Cl2OS/c1-6(12(17)18-2)3-10(16)8-4-7(13)5-9(14)11(8)15;8-3-1-4(7(11)12)6(10)5(9)2-3;1-3(6-5)4(7)8-2;1-4(2)3/h4-6H,3,15H2,1-2H3;1-2H,10H2,(H,11,12);3,6H,1-2H3;. The van der Waals surface area contributed by atoms with Crippen molar-refractivity contribution < 1.29 is 38.0 Å². The first-order chi connectivity index (χ1) is 19.3. The number of ether oxygens (including phenoxy) is 2. The Morgan fingerprint density at radius 1 is 0.881 bits per heavy atom. The Morgan fingerprint density at radius 3 is 1.60 bits per heavy atom. The van der Waals surface area contributed by atoms with Gasteiger partial charge in [0, 0.05) is 51.2 Å². The lowest BCUT2D eigenvalue weighted by Gasteiger charge is -2.11. The van der Waals surface area contributed by atoms with Gasteiger partial charge >= 0.3 is 17.9 Å². The van der Waals surface area contributed by atoms with Gasteiger partial charge in [-0.15, -0.1) is 0 Å². The van der Waals surface area contributed by atoms with E-state index in [0.29, 0.717) is 24.7 Å². The van der Waals surface area contributed by atoms with Gasteiger partial charge in [0.25, 0.3) is 0 Å². The molecule has 0 aliphatic rings. The molecule has 6 N–H and O–H groups in total. The molecule has 0 spiro atoms. The number of benzene rings is 2. The van der Waals surface area contributed by atoms with E-state index in [4.69, 9.17) is 32.6 Å². The quantitative estimate of drug-likeness (QED) is 0.0736. The molecule has 2 rings (SSSR count). The van der Waals surface area contributed by atoms with Crippen LogP contribution in [0.3, 0.4) is 0 Å². The minimum atomic E-state index is -1.67. The van der Waals surface area contributed by atoms with E-state index in [-0.39, 0.29) is 29.4 Å². The maximum absolute atomic E-state index is 12.1. The molecule has 19 heteroatoms. The van der Waals surface area contributed by atoms with Gasteiger partial charge < -0.3 is 26.0 Å². The van der Waals surface area contributed by atoms with Crippen molar-refractivity contribution in [2.45, 2.75) is 26.3 Å². The van der Waals surface area contributed by atoms with Gasteiger partial charge in [-0.3, -0.25) is 14.4 Å². The summed E-state index contributed by atoms with van der Waals surface area (Å²) in [6.45, 7) is 3.26. The maximum Gasteiger partial charge on any atom is 0.337 e. The van der Waals surface area contributed by atoms with Crippen LogP contribution in [0, 0.1) is 5.92 Å². The number of halogens is 7. The van der Waals surface area contributed by atoms with Crippen LogP contribution >= 0.6 is 96.9 Å². The second-order valence-electron chi connectivity index (χ2n) is 7.59. The van der Waals surface area contributed by atoms with Crippen molar-refractivity contribution >= 4 is 141 Å². The highest BCUT2D eigenvalue weighted by atomic mass is 79.9. The molecule has 2 aromatic carbocycles. The average molecular weight is 931 g/mol. The second-order valence-corrected chi connectivity index (χ2v) is 13.9. The molecular weight excluding hydrogens is 904 g/mol. The molecule has 0 aliphatic heterocycles. The summed E-state index contributed by atoms with van der Waals surface area (Å²) in [4.78, 5) is 46.5. The van der Waals surface area contributed by atoms with Crippen LogP contribution in [0.5, 0.6) is 0 Å². The molecule has 0 saturated heterocycles. The summed E-state index contributed by atoms with van der Waals surface area (Å²) >= 11 is 18.0. The number of rotatable bonds is 7. The number of nitrogens with one attached hydrogen (secondary N) is 1. The lowest BCUT2D eigenvalue weighted by Crippen LogP contribution is -2.28. The highest BCUT2D eigenvalue weighted by molar-refractivity contribution is 9.11. The van der Waals surface area contributed by atoms with Crippen LogP contribution in [0.25, 0.3) is 0 Å². The van der Waals surface area contributed by atoms with Crippen LogP contribution in [0.1, 0.15) is 41.0 Å². The number of methoxy groups -OCH3 is 2. The third kappa shape index (κ3) is 17.3. The van der Waals surface area contributed by atoms with Gasteiger partial charge in [0.15, 0.2) is 5.78 Å². The minimum absolute atomic E-state index is 0.0692. The molecule has 0 bridgehead atoms. The van der Waals surface area contributed by atoms with Crippen molar-refractivity contribution in [3.63, 3.8) is 0 Å². The molecule has 0 amide bonds. The Hall–Kier alpha value is -0.980. The lowest BCUT2D eigenvalue weighted by molar-refractivity contribution is -0.144. The van der Waals surface area contributed by atoms with Crippen LogP contribution in [0.4, 0.5) is 11.4 Å². The predicted molar refractivity (Wildman–Crippen MR) is 180 cm³/mol. The number of ketones is 1. The molecule has 0 saturated carbocycles. The van der Waals surface area contributed by atoms with Crippen molar-refractivity contribution in [1.29, 1.82) is 0 Å². The van der Waals surface area contributed by atoms with Gasteiger partial charge in [0.1, 0.15) is 6.04 Å². The fourth-order valence-electron chi connectivity index (χ4n) is 2.47. The van der Waals surface area contributed by atoms with Crippen LogP contribution < -0.4 is 16.3 Å². The van der Waals surface area contributed by atoms with E-state index in [9.17, 15) is 19.2 Å². The molecule has 11 nitrogen and oxygen atoms in total. The Bertz CT molecular complexity index is 1270. The highest BCUT2D eigenvalue weighted by Crippen LogP contribution is 2.30. The summed E-state index contributed by atoms with van der Waals surface area (Å²) < 4.78 is 20.6. The van der Waals surface area contributed by atoms with Crippen LogP contribution in [-0.2, 0) is 28.3 Å². The minimum Gasteiger partial charge on any atom is -0.478 e. The summed E-state index contributed by atoms with van der Waals surface area (Å²) in [5.41, 5.74) is 12.4. The topological polar surface area (TPSA) is 188 Å². The van der Waals surface area contributed by atoms with Gasteiger partial charge in [-0.2, -0.15) is 0 Å². The molecule has 2 unspecified atom stereocenters. The number of Topliss-reactive ketones (excluding diaryl/α,β-unsaturated/α-hetero) is 1. The molecular formula is C23H26Br4Cl3N3O8S. The number of hydrogen-bond donors (Lipinski definition) is 4. The zero-order valence-corrected chi connectivity index (χ0v) is 31.6. The van der Waals surface area contributed by atoms with Crippen molar-refractivity contribution in [2.24, 2.45) is 5.92 Å². The lowest BCUT2D eigenvalue weighted by atomic mass is 9.99. The smallest absolute Gasteiger partial charge is 0.337 e. The molecule has 42 heavy (non-hydrogen) atoms. The van der Waals surface area contributed by atoms with Crippen LogP contribution in [-0.4, -0.2) is 53.3 Å². The van der Waals surface area contributed by atoms with E-state index in [0.717, 1.165) is 4.47 Å². The van der Waals surface area contributed by atoms with Crippen LogP contribution in [0.2, 0.25) is 0 Å². The Labute approximate surface area is 292 Å². The van der Waals surface area contributed by atoms with Crippen molar-refractivity contribution in [1.82, 2.24) is 4.84 Å². The first-order valence-corrected chi connectivity index (χ1v) is 17.2. The van der Waals surface area contributed by atoms with Gasteiger partial charge in [-0.05, 0) is 74.8 Å². The third-order valence-corrected chi connectivity index (χ3v) is 7.09. The highest BCUT2D eigenvalue weighted by Gasteiger charge is 2.21. The predicted octanol–water partition coefficient (Wildman–Crippen LogP) is 7.00. The Kier molecular flexibility index (Phi) is 23.1. The van der Waals surface area contributed by atoms with Crippen molar-refractivity contribution in [2.75, 3.05) is 25.7 Å². The fraction of sp³-hybridized carbons (Fsp3) is 0.304. The summed E-state index contributed by atoms with van der Waals surface area (Å²) in [5.74, 6) is -2.47. The summed E-state index contributed by atoms with van der Waals surface area (Å²) in [6.07, 6.45) is 0.0692. The zero-order valence-electron chi connectivity index (χ0n) is 22.2. The van der Waals surface area contributed by atoms with Gasteiger partial charge in [-0.1, -0.05) is 38.8 Å². The molecule has 0 radical (unpaired) electrons. The number of aromatic carboxylic acids is 1. The zero-order chi connectivity index (χ0) is 33.3. The summed E-state index contributed by atoms with van der Waals surface area (Å²) in [6, 6.07) is 6.13. The Morgan fingerprint density at radius 2 is 1.26 bits per heavy atom. The number of carboxylic acids is 1. The average Bonchev–Trinajstić information content (AvgIpc) is 2.91. The number of carbonyl (C=O) groups excluding carboxylic acids is 3. The number of anilines is 2. The van der Waals surface area contributed by atoms with E-state index in [1.165, 1.54) is 20.3 Å². The van der Waals surface area contributed by atoms with Crippen molar-refractivity contribution in [3.05, 3.63) is 53.3 Å². The number of hydrogen-bond acceptors (Lipinski definition) is 10. The molecule has 236 valence electrons. The number of carboxylic acid groups (broad SMARTS) is 1. The number of carbonyl (C=O) groups is 4. The van der Waals surface area contributed by atoms with Gasteiger partial charge in [0.2, 0.25) is 9.23 Å². The molecule has 2 aromatic rings. The first kappa shape index (κ1) is 43.1. The normalized spacial score (nSPS) is 11.2. The van der Waals surface area contributed by atoms with Crippen molar-refractivity contribution in [3.8, 4) is 0 Å².